The largest absolute Gasteiger partial charge is 0.384 e. The van der Waals surface area contributed by atoms with Crippen LogP contribution < -0.4 is 5.73 Å². The summed E-state index contributed by atoms with van der Waals surface area (Å²) in [5, 5.41) is 0.814. The van der Waals surface area contributed by atoms with Crippen LogP contribution in [0.4, 0.5) is 10.2 Å². The van der Waals surface area contributed by atoms with Crippen LogP contribution in [-0.2, 0) is 0 Å². The summed E-state index contributed by atoms with van der Waals surface area (Å²) in [6.45, 7) is 1.89. The Hall–Kier alpha value is -1.64. The number of hydrogen-bond donors (Lipinski definition) is 1. The normalized spacial score (nSPS) is 10.6. The number of pyridine rings is 1. The van der Waals surface area contributed by atoms with E-state index in [4.69, 9.17) is 5.73 Å². The van der Waals surface area contributed by atoms with Gasteiger partial charge in [-0.2, -0.15) is 0 Å². The lowest BCUT2D eigenvalue weighted by Crippen LogP contribution is -1.94. The molecule has 0 spiro atoms. The predicted octanol–water partition coefficient (Wildman–Crippen LogP) is 2.26. The van der Waals surface area contributed by atoms with E-state index in [1.54, 1.807) is 12.1 Å². The zero-order chi connectivity index (χ0) is 9.42. The first-order valence-electron chi connectivity index (χ1n) is 4.00. The number of anilines is 1. The zero-order valence-corrected chi connectivity index (χ0v) is 7.21. The van der Waals surface area contributed by atoms with Crippen LogP contribution >= 0.6 is 0 Å². The molecule has 0 bridgehead atoms. The minimum Gasteiger partial charge on any atom is -0.384 e. The lowest BCUT2D eigenvalue weighted by molar-refractivity contribution is 0.637. The fourth-order valence-electron chi connectivity index (χ4n) is 1.41. The fraction of sp³-hybridized carbons (Fsp3) is 0.100. The van der Waals surface area contributed by atoms with Crippen LogP contribution in [0.15, 0.2) is 24.3 Å². The Balaban J connectivity index is 2.94. The Morgan fingerprint density at radius 3 is 2.92 bits per heavy atom. The molecule has 13 heavy (non-hydrogen) atoms. The number of para-hydroxylation sites is 1. The van der Waals surface area contributed by atoms with Crippen molar-refractivity contribution >= 4 is 16.7 Å². The third kappa shape index (κ3) is 1.22. The molecule has 0 aliphatic carbocycles. The molecule has 1 heterocycles. The van der Waals surface area contributed by atoms with E-state index in [-0.39, 0.29) is 5.82 Å². The Morgan fingerprint density at radius 2 is 2.15 bits per heavy atom. The van der Waals surface area contributed by atoms with E-state index in [2.05, 4.69) is 4.98 Å². The maximum absolute atomic E-state index is 13.2. The van der Waals surface area contributed by atoms with Gasteiger partial charge in [-0.1, -0.05) is 12.1 Å². The van der Waals surface area contributed by atoms with E-state index < -0.39 is 0 Å². The smallest absolute Gasteiger partial charge is 0.149 e. The van der Waals surface area contributed by atoms with Crippen molar-refractivity contribution in [2.75, 3.05) is 5.73 Å². The van der Waals surface area contributed by atoms with Gasteiger partial charge in [-0.25, -0.2) is 9.37 Å². The molecule has 1 aromatic heterocycles. The third-order valence-corrected chi connectivity index (χ3v) is 2.02. The highest BCUT2D eigenvalue weighted by Gasteiger charge is 2.04. The van der Waals surface area contributed by atoms with Crippen LogP contribution in [-0.4, -0.2) is 4.98 Å². The van der Waals surface area contributed by atoms with E-state index >= 15 is 0 Å². The molecule has 2 aromatic rings. The third-order valence-electron chi connectivity index (χ3n) is 2.02. The van der Waals surface area contributed by atoms with E-state index in [1.165, 1.54) is 6.07 Å². The summed E-state index contributed by atoms with van der Waals surface area (Å²) >= 11 is 0. The monoisotopic (exact) mass is 176 g/mol. The van der Waals surface area contributed by atoms with Crippen molar-refractivity contribution in [3.63, 3.8) is 0 Å². The predicted molar refractivity (Wildman–Crippen MR) is 50.9 cm³/mol. The summed E-state index contributed by atoms with van der Waals surface area (Å²) in [6.07, 6.45) is 0. The number of rotatable bonds is 0. The minimum absolute atomic E-state index is 0.326. The van der Waals surface area contributed by atoms with Crippen LogP contribution in [0.25, 0.3) is 10.9 Å². The standard InChI is InChI=1S/C10H9FN2/c1-6-5-9(12)13-10-7(6)3-2-4-8(10)11/h2-5H,1H3,(H2,12,13). The minimum atomic E-state index is -0.326. The SMILES string of the molecule is Cc1cc(N)nc2c(F)cccc12. The Morgan fingerprint density at radius 1 is 1.38 bits per heavy atom. The van der Waals surface area contributed by atoms with Gasteiger partial charge in [0.2, 0.25) is 0 Å². The molecule has 0 amide bonds. The van der Waals surface area contributed by atoms with E-state index in [9.17, 15) is 4.39 Å². The molecule has 0 aliphatic heterocycles. The molecule has 0 fully saturated rings. The first-order chi connectivity index (χ1) is 6.18. The number of benzene rings is 1. The highest BCUT2D eigenvalue weighted by atomic mass is 19.1. The maximum Gasteiger partial charge on any atom is 0.149 e. The number of aromatic nitrogens is 1. The summed E-state index contributed by atoms with van der Waals surface area (Å²) in [4.78, 5) is 3.94. The molecule has 2 rings (SSSR count). The summed E-state index contributed by atoms with van der Waals surface area (Å²) in [5.74, 6) is 0.0306. The van der Waals surface area contributed by atoms with Crippen molar-refractivity contribution in [3.05, 3.63) is 35.6 Å². The van der Waals surface area contributed by atoms with Crippen molar-refractivity contribution in [1.29, 1.82) is 0 Å². The van der Waals surface area contributed by atoms with Crippen molar-refractivity contribution in [3.8, 4) is 0 Å². The van der Waals surface area contributed by atoms with Crippen molar-refractivity contribution in [2.24, 2.45) is 0 Å². The molecule has 2 N–H and O–H groups in total. The first kappa shape index (κ1) is 7.98. The lowest BCUT2D eigenvalue weighted by Gasteiger charge is -2.03. The number of fused-ring (bicyclic) bond motifs is 1. The molecule has 0 atom stereocenters. The van der Waals surface area contributed by atoms with E-state index in [0.29, 0.717) is 11.3 Å². The van der Waals surface area contributed by atoms with Gasteiger partial charge in [-0.05, 0) is 24.6 Å². The Kier molecular flexibility index (Phi) is 1.65. The topological polar surface area (TPSA) is 38.9 Å². The molecule has 0 saturated carbocycles. The van der Waals surface area contributed by atoms with Crippen LogP contribution in [0.1, 0.15) is 5.56 Å². The van der Waals surface area contributed by atoms with Crippen LogP contribution in [0.5, 0.6) is 0 Å². The van der Waals surface area contributed by atoms with Gasteiger partial charge in [0.05, 0.1) is 0 Å². The number of halogens is 1. The molecule has 66 valence electrons. The second-order valence-corrected chi connectivity index (χ2v) is 3.00. The second-order valence-electron chi connectivity index (χ2n) is 3.00. The Labute approximate surface area is 75.2 Å². The van der Waals surface area contributed by atoms with Crippen LogP contribution in [0, 0.1) is 12.7 Å². The fourth-order valence-corrected chi connectivity index (χ4v) is 1.41. The molecule has 0 saturated heterocycles. The Bertz CT molecular complexity index is 466. The second kappa shape index (κ2) is 2.69. The first-order valence-corrected chi connectivity index (χ1v) is 4.00. The molecular weight excluding hydrogens is 167 g/mol. The van der Waals surface area contributed by atoms with Crippen molar-refractivity contribution in [2.45, 2.75) is 6.92 Å². The van der Waals surface area contributed by atoms with Gasteiger partial charge >= 0.3 is 0 Å². The summed E-state index contributed by atoms with van der Waals surface area (Å²) in [5.41, 5.74) is 6.81. The average Bonchev–Trinajstić information content (AvgIpc) is 2.07. The van der Waals surface area contributed by atoms with Crippen LogP contribution in [0.3, 0.4) is 0 Å². The number of nitrogen functional groups attached to an aromatic ring is 1. The summed E-state index contributed by atoms with van der Waals surface area (Å²) in [6, 6.07) is 6.62. The van der Waals surface area contributed by atoms with Gasteiger partial charge in [0.1, 0.15) is 17.2 Å². The van der Waals surface area contributed by atoms with Gasteiger partial charge in [0.25, 0.3) is 0 Å². The van der Waals surface area contributed by atoms with Gasteiger partial charge in [-0.15, -0.1) is 0 Å². The number of nitrogens with two attached hydrogens (primary N) is 1. The van der Waals surface area contributed by atoms with Gasteiger partial charge in [-0.3, -0.25) is 0 Å². The quantitative estimate of drug-likeness (QED) is 0.668. The molecular formula is C10H9FN2. The van der Waals surface area contributed by atoms with Gasteiger partial charge < -0.3 is 5.73 Å². The number of hydrogen-bond acceptors (Lipinski definition) is 2. The number of nitrogens with zero attached hydrogens (tertiary/aromatic N) is 1. The molecule has 2 nitrogen and oxygen atoms in total. The van der Waals surface area contributed by atoms with Gasteiger partial charge in [0.15, 0.2) is 0 Å². The van der Waals surface area contributed by atoms with E-state index in [0.717, 1.165) is 10.9 Å². The highest BCUT2D eigenvalue weighted by Crippen LogP contribution is 2.20. The summed E-state index contributed by atoms with van der Waals surface area (Å²) < 4.78 is 13.2. The van der Waals surface area contributed by atoms with E-state index in [1.807, 2.05) is 13.0 Å². The maximum atomic E-state index is 13.2. The lowest BCUT2D eigenvalue weighted by atomic mass is 10.1. The zero-order valence-electron chi connectivity index (χ0n) is 7.21. The summed E-state index contributed by atoms with van der Waals surface area (Å²) in [7, 11) is 0. The highest BCUT2D eigenvalue weighted by molar-refractivity contribution is 5.83. The van der Waals surface area contributed by atoms with Crippen molar-refractivity contribution < 1.29 is 4.39 Å². The number of aryl methyl sites for hydroxylation is 1. The average molecular weight is 176 g/mol. The molecule has 1 aromatic carbocycles. The molecule has 3 heteroatoms. The molecule has 0 aliphatic rings. The van der Waals surface area contributed by atoms with Gasteiger partial charge in [0, 0.05) is 5.39 Å². The molecule has 0 unspecified atom stereocenters. The molecule has 0 radical (unpaired) electrons. The van der Waals surface area contributed by atoms with Crippen molar-refractivity contribution in [1.82, 2.24) is 4.98 Å². The van der Waals surface area contributed by atoms with Crippen LogP contribution in [0.2, 0.25) is 0 Å².